The Morgan fingerprint density at radius 2 is 2.11 bits per heavy atom. The van der Waals surface area contributed by atoms with Crippen molar-refractivity contribution >= 4 is 27.7 Å². The summed E-state index contributed by atoms with van der Waals surface area (Å²) in [5, 5.41) is 4.40. The number of rotatable bonds is 4. The zero-order valence-electron chi connectivity index (χ0n) is 12.1. The molecule has 3 heteroatoms. The lowest BCUT2D eigenvalue weighted by Crippen LogP contribution is -2.51. The predicted octanol–water partition coefficient (Wildman–Crippen LogP) is 5.10. The summed E-state index contributed by atoms with van der Waals surface area (Å²) in [5.74, 6) is 0. The average molecular weight is 342 g/mol. The van der Waals surface area contributed by atoms with Gasteiger partial charge in [-0.05, 0) is 52.9 Å². The number of hydrogen-bond acceptors (Lipinski definition) is 2. The summed E-state index contributed by atoms with van der Waals surface area (Å²) in [6.45, 7) is 8.09. The van der Waals surface area contributed by atoms with Gasteiger partial charge >= 0.3 is 0 Å². The number of thioether (sulfide) groups is 1. The first-order chi connectivity index (χ1) is 9.04. The normalized spacial score (nSPS) is 26.3. The fraction of sp³-hybridized carbons (Fsp3) is 0.625. The maximum absolute atomic E-state index is 3.73. The second-order valence-corrected chi connectivity index (χ2v) is 8.14. The van der Waals surface area contributed by atoms with Crippen LogP contribution in [0, 0.1) is 5.41 Å². The Bertz CT molecular complexity index is 419. The van der Waals surface area contributed by atoms with Crippen molar-refractivity contribution < 1.29 is 0 Å². The third-order valence-electron chi connectivity index (χ3n) is 4.06. The maximum Gasteiger partial charge on any atom is 0.0311 e. The Morgan fingerprint density at radius 1 is 1.37 bits per heavy atom. The van der Waals surface area contributed by atoms with Crippen molar-refractivity contribution in [2.24, 2.45) is 5.41 Å². The lowest BCUT2D eigenvalue weighted by atomic mass is 9.73. The van der Waals surface area contributed by atoms with E-state index >= 15 is 0 Å². The van der Waals surface area contributed by atoms with E-state index in [4.69, 9.17) is 0 Å². The third kappa shape index (κ3) is 3.77. The Labute approximate surface area is 130 Å². The molecule has 1 aliphatic rings. The highest BCUT2D eigenvalue weighted by Gasteiger charge is 2.38. The van der Waals surface area contributed by atoms with Gasteiger partial charge in [0.05, 0.1) is 0 Å². The van der Waals surface area contributed by atoms with E-state index in [1.165, 1.54) is 28.6 Å². The summed E-state index contributed by atoms with van der Waals surface area (Å²) < 4.78 is 1.22. The topological polar surface area (TPSA) is 12.0 Å². The molecule has 0 saturated heterocycles. The van der Waals surface area contributed by atoms with Gasteiger partial charge in [-0.2, -0.15) is 0 Å². The van der Waals surface area contributed by atoms with Gasteiger partial charge in [0.25, 0.3) is 0 Å². The molecule has 0 radical (unpaired) electrons. The van der Waals surface area contributed by atoms with Crippen molar-refractivity contribution in [1.29, 1.82) is 0 Å². The second-order valence-electron chi connectivity index (χ2n) is 6.00. The Hall–Kier alpha value is 0.01000. The fourth-order valence-electron chi connectivity index (χ4n) is 3.04. The van der Waals surface area contributed by atoms with Crippen LogP contribution in [0.1, 0.15) is 40.0 Å². The van der Waals surface area contributed by atoms with Gasteiger partial charge < -0.3 is 5.32 Å². The molecule has 0 aromatic heterocycles. The van der Waals surface area contributed by atoms with Gasteiger partial charge in [-0.25, -0.2) is 0 Å². The molecule has 1 fully saturated rings. The molecule has 1 aromatic carbocycles. The van der Waals surface area contributed by atoms with Crippen molar-refractivity contribution in [3.05, 3.63) is 28.7 Å². The molecule has 0 amide bonds. The van der Waals surface area contributed by atoms with Crippen molar-refractivity contribution in [2.45, 2.75) is 56.2 Å². The number of halogens is 1. The average Bonchev–Trinajstić information content (AvgIpc) is 2.36. The molecule has 0 heterocycles. The molecule has 19 heavy (non-hydrogen) atoms. The quantitative estimate of drug-likeness (QED) is 0.817. The van der Waals surface area contributed by atoms with Gasteiger partial charge in [-0.3, -0.25) is 0 Å². The largest absolute Gasteiger partial charge is 0.313 e. The molecule has 1 aromatic rings. The molecule has 2 atom stereocenters. The van der Waals surface area contributed by atoms with Crippen molar-refractivity contribution in [3.8, 4) is 0 Å². The molecule has 1 aliphatic carbocycles. The Morgan fingerprint density at radius 3 is 2.79 bits per heavy atom. The predicted molar refractivity (Wildman–Crippen MR) is 88.9 cm³/mol. The maximum atomic E-state index is 3.73. The first-order valence-corrected chi connectivity index (χ1v) is 8.86. The van der Waals surface area contributed by atoms with Crippen LogP contribution < -0.4 is 5.32 Å². The molecular weight excluding hydrogens is 318 g/mol. The lowest BCUT2D eigenvalue weighted by Gasteiger charge is -2.44. The van der Waals surface area contributed by atoms with Crippen LogP contribution in [0.25, 0.3) is 0 Å². The van der Waals surface area contributed by atoms with Gasteiger partial charge in [0.1, 0.15) is 0 Å². The van der Waals surface area contributed by atoms with E-state index in [1.54, 1.807) is 0 Å². The van der Waals surface area contributed by atoms with E-state index in [1.807, 2.05) is 11.8 Å². The SMILES string of the molecule is CCNC1C(Sc2ccccc2Br)CCCC1(C)C. The smallest absolute Gasteiger partial charge is 0.0311 e. The zero-order chi connectivity index (χ0) is 13.9. The van der Waals surface area contributed by atoms with Crippen LogP contribution in [0.3, 0.4) is 0 Å². The molecule has 1 saturated carbocycles. The number of benzene rings is 1. The molecule has 106 valence electrons. The third-order valence-corrected chi connectivity index (χ3v) is 6.44. The van der Waals surface area contributed by atoms with Crippen LogP contribution in [0.2, 0.25) is 0 Å². The van der Waals surface area contributed by atoms with Gasteiger partial charge in [-0.15, -0.1) is 11.8 Å². The van der Waals surface area contributed by atoms with Crippen LogP contribution in [0.4, 0.5) is 0 Å². The summed E-state index contributed by atoms with van der Waals surface area (Å²) in [6.07, 6.45) is 3.99. The molecular formula is C16H24BrNS. The lowest BCUT2D eigenvalue weighted by molar-refractivity contribution is 0.176. The molecule has 2 unspecified atom stereocenters. The van der Waals surface area contributed by atoms with E-state index in [9.17, 15) is 0 Å². The van der Waals surface area contributed by atoms with E-state index < -0.39 is 0 Å². The van der Waals surface area contributed by atoms with Crippen LogP contribution >= 0.6 is 27.7 Å². The zero-order valence-corrected chi connectivity index (χ0v) is 14.5. The standard InChI is InChI=1S/C16H24BrNS/c1-4-18-15-14(10-7-11-16(15,2)3)19-13-9-6-5-8-12(13)17/h5-6,8-9,14-15,18H,4,7,10-11H2,1-3H3. The van der Waals surface area contributed by atoms with E-state index in [0.29, 0.717) is 16.7 Å². The highest BCUT2D eigenvalue weighted by atomic mass is 79.9. The van der Waals surface area contributed by atoms with Gasteiger partial charge in [-0.1, -0.05) is 39.3 Å². The van der Waals surface area contributed by atoms with E-state index in [0.717, 1.165) is 6.54 Å². The Kier molecular flexibility index (Phi) is 5.38. The minimum Gasteiger partial charge on any atom is -0.313 e. The van der Waals surface area contributed by atoms with E-state index in [2.05, 4.69) is 66.3 Å². The summed E-state index contributed by atoms with van der Waals surface area (Å²) in [5.41, 5.74) is 0.396. The van der Waals surface area contributed by atoms with Gasteiger partial charge in [0.2, 0.25) is 0 Å². The minimum absolute atomic E-state index is 0.396. The molecule has 0 bridgehead atoms. The summed E-state index contributed by atoms with van der Waals surface area (Å²) in [7, 11) is 0. The highest BCUT2D eigenvalue weighted by molar-refractivity contribution is 9.10. The van der Waals surface area contributed by atoms with Crippen molar-refractivity contribution in [1.82, 2.24) is 5.32 Å². The van der Waals surface area contributed by atoms with E-state index in [-0.39, 0.29) is 0 Å². The molecule has 0 aliphatic heterocycles. The number of hydrogen-bond donors (Lipinski definition) is 1. The molecule has 1 N–H and O–H groups in total. The fourth-order valence-corrected chi connectivity index (χ4v) is 5.16. The highest BCUT2D eigenvalue weighted by Crippen LogP contribution is 2.44. The van der Waals surface area contributed by atoms with Crippen LogP contribution in [-0.4, -0.2) is 17.8 Å². The molecule has 2 rings (SSSR count). The summed E-state index contributed by atoms with van der Waals surface area (Å²) >= 11 is 5.70. The van der Waals surface area contributed by atoms with Crippen LogP contribution in [0.5, 0.6) is 0 Å². The molecule has 1 nitrogen and oxygen atoms in total. The van der Waals surface area contributed by atoms with Gasteiger partial charge in [0.15, 0.2) is 0 Å². The van der Waals surface area contributed by atoms with Crippen LogP contribution in [0.15, 0.2) is 33.6 Å². The first-order valence-electron chi connectivity index (χ1n) is 7.19. The van der Waals surface area contributed by atoms with Crippen LogP contribution in [-0.2, 0) is 0 Å². The summed E-state index contributed by atoms with van der Waals surface area (Å²) in [6, 6.07) is 9.17. The number of nitrogens with one attached hydrogen (secondary N) is 1. The second kappa shape index (κ2) is 6.64. The van der Waals surface area contributed by atoms with Gasteiger partial charge in [0, 0.05) is 20.7 Å². The molecule has 0 spiro atoms. The minimum atomic E-state index is 0.396. The summed E-state index contributed by atoms with van der Waals surface area (Å²) in [4.78, 5) is 1.37. The van der Waals surface area contributed by atoms with Crippen molar-refractivity contribution in [2.75, 3.05) is 6.54 Å². The Balaban J connectivity index is 2.15. The monoisotopic (exact) mass is 341 g/mol. The first kappa shape index (κ1) is 15.4. The van der Waals surface area contributed by atoms with Crippen molar-refractivity contribution in [3.63, 3.8) is 0 Å².